The van der Waals surface area contributed by atoms with Gasteiger partial charge in [0.1, 0.15) is 11.4 Å². The zero-order valence-electron chi connectivity index (χ0n) is 9.69. The van der Waals surface area contributed by atoms with E-state index in [1.807, 2.05) is 0 Å². The Balaban J connectivity index is 2.69. The second-order valence-corrected chi connectivity index (χ2v) is 3.96. The van der Waals surface area contributed by atoms with Crippen LogP contribution in [0.3, 0.4) is 0 Å². The lowest BCUT2D eigenvalue weighted by Gasteiger charge is -2.19. The summed E-state index contributed by atoms with van der Waals surface area (Å²) in [4.78, 5) is 23.4. The first-order valence-corrected chi connectivity index (χ1v) is 5.12. The van der Waals surface area contributed by atoms with Crippen molar-refractivity contribution in [1.29, 1.82) is 5.41 Å². The smallest absolute Gasteiger partial charge is 0.230 e. The predicted molar refractivity (Wildman–Crippen MR) is 64.6 cm³/mol. The molecule has 0 aromatic heterocycles. The predicted octanol–water partition coefficient (Wildman–Crippen LogP) is -3.01. The highest BCUT2D eigenvalue weighted by Crippen LogP contribution is 2.30. The molecule has 1 unspecified atom stereocenters. The largest absolute Gasteiger partial charge is 0.452 e. The third-order valence-electron chi connectivity index (χ3n) is 2.83. The maximum atomic E-state index is 11.8. The normalized spacial score (nSPS) is 24.5. The number of nitrogens with two attached hydrogens (primary N) is 5. The van der Waals surface area contributed by atoms with Gasteiger partial charge in [-0.3, -0.25) is 20.7 Å². The summed E-state index contributed by atoms with van der Waals surface area (Å²) in [5.41, 5.74) is 26.0. The number of allylic oxidation sites excluding steroid dienone is 3. The van der Waals surface area contributed by atoms with Gasteiger partial charge >= 0.3 is 0 Å². The van der Waals surface area contributed by atoms with E-state index in [0.29, 0.717) is 0 Å². The minimum Gasteiger partial charge on any atom is -0.452 e. The summed E-state index contributed by atoms with van der Waals surface area (Å²) in [6, 6.07) is 0. The van der Waals surface area contributed by atoms with Crippen LogP contribution in [0, 0.1) is 5.41 Å². The van der Waals surface area contributed by atoms with Crippen molar-refractivity contribution in [2.75, 3.05) is 0 Å². The number of carbonyl (C=O) groups is 2. The molecule has 9 heteroatoms. The molecule has 1 heterocycles. The van der Waals surface area contributed by atoms with Gasteiger partial charge in [-0.15, -0.1) is 0 Å². The lowest BCUT2D eigenvalue weighted by Crippen LogP contribution is -2.37. The highest BCUT2D eigenvalue weighted by atomic mass is 16.5. The molecule has 0 fully saturated rings. The zero-order valence-corrected chi connectivity index (χ0v) is 9.69. The van der Waals surface area contributed by atoms with E-state index in [2.05, 4.69) is 0 Å². The summed E-state index contributed by atoms with van der Waals surface area (Å²) in [7, 11) is 0. The number of hydrogen-bond donors (Lipinski definition) is 6. The summed E-state index contributed by atoms with van der Waals surface area (Å²) in [5.74, 6) is -1.73. The van der Waals surface area contributed by atoms with E-state index in [-0.39, 0.29) is 34.1 Å². The molecule has 11 N–H and O–H groups in total. The van der Waals surface area contributed by atoms with Gasteiger partial charge in [0.15, 0.2) is 5.88 Å². The number of rotatable bonds is 1. The number of nitrogens with one attached hydrogen (secondary N) is 1. The minimum absolute atomic E-state index is 0.0856. The van der Waals surface area contributed by atoms with Crippen LogP contribution in [0.5, 0.6) is 0 Å². The van der Waals surface area contributed by atoms with E-state index in [9.17, 15) is 9.59 Å². The van der Waals surface area contributed by atoms with Gasteiger partial charge in [-0.25, -0.2) is 0 Å². The monoisotopic (exact) mass is 264 g/mol. The Labute approximate surface area is 107 Å². The van der Waals surface area contributed by atoms with Crippen LogP contribution in [0.2, 0.25) is 0 Å². The van der Waals surface area contributed by atoms with Gasteiger partial charge < -0.3 is 27.7 Å². The van der Waals surface area contributed by atoms with E-state index >= 15 is 0 Å². The molecule has 0 aromatic rings. The Morgan fingerprint density at radius 2 is 1.53 bits per heavy atom. The highest BCUT2D eigenvalue weighted by Gasteiger charge is 2.39. The van der Waals surface area contributed by atoms with Crippen molar-refractivity contribution in [2.45, 2.75) is 6.23 Å². The third kappa shape index (κ3) is 1.56. The van der Waals surface area contributed by atoms with Gasteiger partial charge in [0.2, 0.25) is 17.8 Å². The van der Waals surface area contributed by atoms with Gasteiger partial charge in [0, 0.05) is 5.57 Å². The van der Waals surface area contributed by atoms with E-state index in [1.165, 1.54) is 0 Å². The van der Waals surface area contributed by atoms with Crippen LogP contribution < -0.4 is 28.7 Å². The summed E-state index contributed by atoms with van der Waals surface area (Å²) < 4.78 is 4.85. The first-order valence-electron chi connectivity index (χ1n) is 5.12. The lowest BCUT2D eigenvalue weighted by atomic mass is 9.89. The van der Waals surface area contributed by atoms with E-state index in [1.54, 1.807) is 0 Å². The quantitative estimate of drug-likeness (QED) is 0.269. The molecule has 1 atom stereocenters. The van der Waals surface area contributed by atoms with Gasteiger partial charge in [-0.05, 0) is 0 Å². The molecule has 0 spiro atoms. The van der Waals surface area contributed by atoms with Crippen molar-refractivity contribution < 1.29 is 14.3 Å². The van der Waals surface area contributed by atoms with E-state index < -0.39 is 23.5 Å². The minimum atomic E-state index is -1.27. The lowest BCUT2D eigenvalue weighted by molar-refractivity contribution is -0.120. The fraction of sp³-hybridized carbons (Fsp3) is 0.100. The van der Waals surface area contributed by atoms with Crippen LogP contribution in [0.15, 0.2) is 34.1 Å². The Bertz CT molecular complexity index is 627. The van der Waals surface area contributed by atoms with Gasteiger partial charge in [-0.1, -0.05) is 0 Å². The maximum absolute atomic E-state index is 11.8. The number of Topliss-reactive ketones (excluding diaryl/α,β-unsaturated/α-hetero) is 2. The van der Waals surface area contributed by atoms with E-state index in [0.717, 1.165) is 0 Å². The van der Waals surface area contributed by atoms with Crippen molar-refractivity contribution in [3.63, 3.8) is 0 Å². The van der Waals surface area contributed by atoms with Gasteiger partial charge in [0.05, 0.1) is 17.0 Å². The highest BCUT2D eigenvalue weighted by molar-refractivity contribution is 6.51. The molecule has 0 aromatic carbocycles. The molecule has 0 saturated carbocycles. The molecule has 19 heavy (non-hydrogen) atoms. The molecule has 2 aliphatic rings. The first-order chi connectivity index (χ1) is 8.77. The summed E-state index contributed by atoms with van der Waals surface area (Å²) in [6.07, 6.45) is -1.27. The first kappa shape index (κ1) is 12.6. The third-order valence-corrected chi connectivity index (χ3v) is 2.83. The molecule has 0 radical (unpaired) electrons. The van der Waals surface area contributed by atoms with Crippen LogP contribution >= 0.6 is 0 Å². The number of ether oxygens (including phenoxy) is 1. The number of ketones is 2. The van der Waals surface area contributed by atoms with Crippen molar-refractivity contribution in [3.05, 3.63) is 34.1 Å². The van der Waals surface area contributed by atoms with Gasteiger partial charge in [-0.2, -0.15) is 0 Å². The molecule has 0 saturated heterocycles. The zero-order chi connectivity index (χ0) is 14.5. The molecular formula is C10H12N6O3. The molecule has 1 aliphatic heterocycles. The van der Waals surface area contributed by atoms with Crippen LogP contribution in [0.4, 0.5) is 0 Å². The molecule has 2 rings (SSSR count). The van der Waals surface area contributed by atoms with Crippen molar-refractivity contribution >= 4 is 17.3 Å². The molecule has 9 nitrogen and oxygen atoms in total. The van der Waals surface area contributed by atoms with Crippen molar-refractivity contribution in [3.8, 4) is 0 Å². The second kappa shape index (κ2) is 3.85. The summed E-state index contributed by atoms with van der Waals surface area (Å²) in [6.45, 7) is 0. The molecule has 100 valence electrons. The molecular weight excluding hydrogens is 252 g/mol. The average molecular weight is 264 g/mol. The standard InChI is InChI=1S/C10H12N6O3/c11-3-1(2-7(17)10(16)19-9(2)15)4(12)6(14)8(18)5(3)13/h10,13H,11-12,14-16H2. The van der Waals surface area contributed by atoms with Crippen molar-refractivity contribution in [2.24, 2.45) is 28.7 Å². The van der Waals surface area contributed by atoms with Gasteiger partial charge in [0.25, 0.3) is 0 Å². The maximum Gasteiger partial charge on any atom is 0.230 e. The number of hydrogen-bond acceptors (Lipinski definition) is 9. The van der Waals surface area contributed by atoms with Crippen molar-refractivity contribution in [1.82, 2.24) is 0 Å². The van der Waals surface area contributed by atoms with E-state index in [4.69, 9.17) is 38.8 Å². The average Bonchev–Trinajstić information content (AvgIpc) is 2.61. The van der Waals surface area contributed by atoms with Crippen LogP contribution in [-0.2, 0) is 14.3 Å². The Morgan fingerprint density at radius 3 is 2.00 bits per heavy atom. The van der Waals surface area contributed by atoms with Crippen LogP contribution in [0.25, 0.3) is 0 Å². The number of carbonyl (C=O) groups excluding carboxylic acids is 2. The summed E-state index contributed by atoms with van der Waals surface area (Å²) in [5, 5.41) is 7.55. The molecule has 0 bridgehead atoms. The second-order valence-electron chi connectivity index (χ2n) is 3.96. The fourth-order valence-corrected chi connectivity index (χ4v) is 1.81. The van der Waals surface area contributed by atoms with Crippen LogP contribution in [-0.4, -0.2) is 23.5 Å². The Morgan fingerprint density at radius 1 is 0.947 bits per heavy atom. The fourth-order valence-electron chi connectivity index (χ4n) is 1.81. The topological polar surface area (TPSA) is 197 Å². The molecule has 1 aliphatic carbocycles. The summed E-state index contributed by atoms with van der Waals surface area (Å²) >= 11 is 0. The molecule has 0 amide bonds. The SMILES string of the molecule is N=C1C(=O)C(N)=C(N)C(C2=C(N)OC(N)C2=O)=C1N. The Hall–Kier alpha value is -2.81. The Kier molecular flexibility index (Phi) is 2.56. The van der Waals surface area contributed by atoms with Crippen LogP contribution in [0.1, 0.15) is 0 Å².